The molecule has 1 aromatic carbocycles. The molecular weight excluding hydrogens is 254 g/mol. The third-order valence-corrected chi connectivity index (χ3v) is 3.51. The van der Waals surface area contributed by atoms with Crippen molar-refractivity contribution in [2.75, 3.05) is 38.1 Å². The zero-order valence-corrected chi connectivity index (χ0v) is 12.2. The van der Waals surface area contributed by atoms with E-state index in [4.69, 9.17) is 4.74 Å². The Balaban J connectivity index is 1.89. The number of nitrogens with zero attached hydrogens (tertiary/aromatic N) is 1. The average molecular weight is 277 g/mol. The number of amides is 1. The van der Waals surface area contributed by atoms with Gasteiger partial charge in [-0.2, -0.15) is 0 Å². The SMILES string of the molecule is CCOc1ccc(NC(=O)C(C)N2CCNCC2)cc1. The molecule has 1 atom stereocenters. The predicted molar refractivity (Wildman–Crippen MR) is 80.1 cm³/mol. The first-order chi connectivity index (χ1) is 9.70. The Morgan fingerprint density at radius 3 is 2.60 bits per heavy atom. The Morgan fingerprint density at radius 2 is 2.00 bits per heavy atom. The highest BCUT2D eigenvalue weighted by Gasteiger charge is 2.22. The van der Waals surface area contributed by atoms with E-state index in [0.29, 0.717) is 6.61 Å². The van der Waals surface area contributed by atoms with E-state index in [9.17, 15) is 4.79 Å². The number of carbonyl (C=O) groups excluding carboxylic acids is 1. The summed E-state index contributed by atoms with van der Waals surface area (Å²) in [5, 5.41) is 6.24. The Hall–Kier alpha value is -1.59. The molecular formula is C15H23N3O2. The number of hydrogen-bond donors (Lipinski definition) is 2. The molecule has 5 nitrogen and oxygen atoms in total. The number of nitrogens with one attached hydrogen (secondary N) is 2. The van der Waals surface area contributed by atoms with Crippen LogP contribution in [0.5, 0.6) is 5.75 Å². The largest absolute Gasteiger partial charge is 0.494 e. The van der Waals surface area contributed by atoms with Crippen molar-refractivity contribution in [3.8, 4) is 5.75 Å². The van der Waals surface area contributed by atoms with Gasteiger partial charge in [0.15, 0.2) is 0 Å². The minimum Gasteiger partial charge on any atom is -0.494 e. The molecule has 0 saturated carbocycles. The molecule has 1 heterocycles. The molecule has 1 aliphatic heterocycles. The van der Waals surface area contributed by atoms with Crippen molar-refractivity contribution in [2.45, 2.75) is 19.9 Å². The number of anilines is 1. The second-order valence-electron chi connectivity index (χ2n) is 4.91. The highest BCUT2D eigenvalue weighted by molar-refractivity contribution is 5.94. The van der Waals surface area contributed by atoms with Gasteiger partial charge in [0, 0.05) is 31.9 Å². The van der Waals surface area contributed by atoms with Crippen molar-refractivity contribution >= 4 is 11.6 Å². The summed E-state index contributed by atoms with van der Waals surface area (Å²) in [6.07, 6.45) is 0. The average Bonchev–Trinajstić information content (AvgIpc) is 2.49. The topological polar surface area (TPSA) is 53.6 Å². The molecule has 1 amide bonds. The summed E-state index contributed by atoms with van der Waals surface area (Å²) < 4.78 is 5.38. The van der Waals surface area contributed by atoms with E-state index in [0.717, 1.165) is 37.6 Å². The van der Waals surface area contributed by atoms with Crippen molar-refractivity contribution in [2.24, 2.45) is 0 Å². The maximum absolute atomic E-state index is 12.2. The molecule has 1 fully saturated rings. The van der Waals surface area contributed by atoms with Crippen LogP contribution in [0.2, 0.25) is 0 Å². The molecule has 20 heavy (non-hydrogen) atoms. The third kappa shape index (κ3) is 3.95. The van der Waals surface area contributed by atoms with Gasteiger partial charge in [0.1, 0.15) is 5.75 Å². The summed E-state index contributed by atoms with van der Waals surface area (Å²) in [6, 6.07) is 7.37. The van der Waals surface area contributed by atoms with Gasteiger partial charge < -0.3 is 15.4 Å². The van der Waals surface area contributed by atoms with Crippen molar-refractivity contribution in [3.05, 3.63) is 24.3 Å². The molecule has 110 valence electrons. The van der Waals surface area contributed by atoms with Crippen molar-refractivity contribution in [1.29, 1.82) is 0 Å². The molecule has 1 aromatic rings. The van der Waals surface area contributed by atoms with Crippen LogP contribution in [0.4, 0.5) is 5.69 Å². The number of piperazine rings is 1. The molecule has 1 saturated heterocycles. The smallest absolute Gasteiger partial charge is 0.241 e. The number of carbonyl (C=O) groups is 1. The van der Waals surface area contributed by atoms with Crippen molar-refractivity contribution in [3.63, 3.8) is 0 Å². The van der Waals surface area contributed by atoms with Gasteiger partial charge in [-0.1, -0.05) is 0 Å². The number of rotatable bonds is 5. The van der Waals surface area contributed by atoms with Crippen LogP contribution in [0.1, 0.15) is 13.8 Å². The predicted octanol–water partition coefficient (Wildman–Crippen LogP) is 1.32. The molecule has 0 aliphatic carbocycles. The molecule has 0 aromatic heterocycles. The highest BCUT2D eigenvalue weighted by Crippen LogP contribution is 2.16. The summed E-state index contributed by atoms with van der Waals surface area (Å²) in [4.78, 5) is 14.4. The van der Waals surface area contributed by atoms with E-state index < -0.39 is 0 Å². The lowest BCUT2D eigenvalue weighted by molar-refractivity contribution is -0.120. The molecule has 2 N–H and O–H groups in total. The van der Waals surface area contributed by atoms with Crippen LogP contribution in [-0.2, 0) is 4.79 Å². The van der Waals surface area contributed by atoms with Crippen LogP contribution in [0.25, 0.3) is 0 Å². The van der Waals surface area contributed by atoms with Gasteiger partial charge in [-0.15, -0.1) is 0 Å². The molecule has 0 spiro atoms. The van der Waals surface area contributed by atoms with E-state index in [2.05, 4.69) is 15.5 Å². The van der Waals surface area contributed by atoms with Crippen LogP contribution >= 0.6 is 0 Å². The Labute approximate surface area is 120 Å². The number of benzene rings is 1. The molecule has 2 rings (SSSR count). The zero-order valence-electron chi connectivity index (χ0n) is 12.2. The van der Waals surface area contributed by atoms with Gasteiger partial charge in [-0.25, -0.2) is 0 Å². The van der Waals surface area contributed by atoms with Crippen LogP contribution in [0.3, 0.4) is 0 Å². The normalized spacial score (nSPS) is 17.5. The maximum Gasteiger partial charge on any atom is 0.241 e. The summed E-state index contributed by atoms with van der Waals surface area (Å²) in [6.45, 7) is 8.27. The number of hydrogen-bond acceptors (Lipinski definition) is 4. The van der Waals surface area contributed by atoms with E-state index in [1.807, 2.05) is 38.1 Å². The lowest BCUT2D eigenvalue weighted by Crippen LogP contribution is -2.51. The van der Waals surface area contributed by atoms with Crippen LogP contribution in [-0.4, -0.2) is 49.6 Å². The first-order valence-corrected chi connectivity index (χ1v) is 7.19. The summed E-state index contributed by atoms with van der Waals surface area (Å²) in [5.41, 5.74) is 0.806. The molecule has 0 radical (unpaired) electrons. The van der Waals surface area contributed by atoms with E-state index in [1.165, 1.54) is 0 Å². The standard InChI is InChI=1S/C15H23N3O2/c1-3-20-14-6-4-13(5-7-14)17-15(19)12(2)18-10-8-16-9-11-18/h4-7,12,16H,3,8-11H2,1-2H3,(H,17,19). The van der Waals surface area contributed by atoms with Gasteiger partial charge in [-0.05, 0) is 38.1 Å². The van der Waals surface area contributed by atoms with E-state index >= 15 is 0 Å². The lowest BCUT2D eigenvalue weighted by atomic mass is 10.2. The fraction of sp³-hybridized carbons (Fsp3) is 0.533. The minimum absolute atomic E-state index is 0.0380. The quantitative estimate of drug-likeness (QED) is 0.852. The number of ether oxygens (including phenoxy) is 1. The second kappa shape index (κ2) is 7.26. The second-order valence-corrected chi connectivity index (χ2v) is 4.91. The molecule has 1 aliphatic rings. The summed E-state index contributed by atoms with van der Waals surface area (Å²) in [7, 11) is 0. The molecule has 1 unspecified atom stereocenters. The molecule has 0 bridgehead atoms. The maximum atomic E-state index is 12.2. The van der Waals surface area contributed by atoms with Gasteiger partial charge in [0.25, 0.3) is 0 Å². The molecule has 5 heteroatoms. The third-order valence-electron chi connectivity index (χ3n) is 3.51. The van der Waals surface area contributed by atoms with Gasteiger partial charge in [-0.3, -0.25) is 9.69 Å². The van der Waals surface area contributed by atoms with Gasteiger partial charge in [0.05, 0.1) is 12.6 Å². The Morgan fingerprint density at radius 1 is 1.35 bits per heavy atom. The summed E-state index contributed by atoms with van der Waals surface area (Å²) >= 11 is 0. The van der Waals surface area contributed by atoms with Crippen LogP contribution < -0.4 is 15.4 Å². The summed E-state index contributed by atoms with van der Waals surface area (Å²) in [5.74, 6) is 0.858. The fourth-order valence-electron chi connectivity index (χ4n) is 2.28. The van der Waals surface area contributed by atoms with E-state index in [1.54, 1.807) is 0 Å². The van der Waals surface area contributed by atoms with Crippen LogP contribution in [0, 0.1) is 0 Å². The Bertz CT molecular complexity index is 427. The van der Waals surface area contributed by atoms with E-state index in [-0.39, 0.29) is 11.9 Å². The fourth-order valence-corrected chi connectivity index (χ4v) is 2.28. The lowest BCUT2D eigenvalue weighted by Gasteiger charge is -2.31. The monoisotopic (exact) mass is 277 g/mol. The van der Waals surface area contributed by atoms with Crippen LogP contribution in [0.15, 0.2) is 24.3 Å². The van der Waals surface area contributed by atoms with Gasteiger partial charge in [0.2, 0.25) is 5.91 Å². The Kier molecular flexibility index (Phi) is 5.38. The van der Waals surface area contributed by atoms with Gasteiger partial charge >= 0.3 is 0 Å². The minimum atomic E-state index is -0.108. The first kappa shape index (κ1) is 14.8. The highest BCUT2D eigenvalue weighted by atomic mass is 16.5. The van der Waals surface area contributed by atoms with Crippen molar-refractivity contribution in [1.82, 2.24) is 10.2 Å². The van der Waals surface area contributed by atoms with Crippen molar-refractivity contribution < 1.29 is 9.53 Å². The first-order valence-electron chi connectivity index (χ1n) is 7.19. The zero-order chi connectivity index (χ0) is 14.4.